The molecule has 2 heteroatoms. The molecule has 0 unspecified atom stereocenters. The highest BCUT2D eigenvalue weighted by Gasteiger charge is 2.21. The molecule has 0 spiro atoms. The largest absolute Gasteiger partial charge is 0.309 e. The minimum absolute atomic E-state index is 0.991. The van der Waals surface area contributed by atoms with Crippen LogP contribution in [0.5, 0.6) is 0 Å². The van der Waals surface area contributed by atoms with E-state index in [4.69, 9.17) is 0 Å². The Morgan fingerprint density at radius 3 is 1.09 bits per heavy atom. The third-order valence-electron chi connectivity index (χ3n) is 15.7. The van der Waals surface area contributed by atoms with Gasteiger partial charge in [0.15, 0.2) is 0 Å². The van der Waals surface area contributed by atoms with Crippen LogP contribution in [0.3, 0.4) is 0 Å². The summed E-state index contributed by atoms with van der Waals surface area (Å²) in [5, 5.41) is 4.97. The summed E-state index contributed by atoms with van der Waals surface area (Å²) in [4.78, 5) is 0. The van der Waals surface area contributed by atoms with E-state index in [9.17, 15) is 0 Å². The second-order valence-corrected chi connectivity index (χ2v) is 20.1. The van der Waals surface area contributed by atoms with Crippen LogP contribution in [0.2, 0.25) is 0 Å². The Labute approximate surface area is 436 Å². The van der Waals surface area contributed by atoms with E-state index in [0.29, 0.717) is 0 Å². The number of nitrogens with zero attached hydrogens (tertiary/aromatic N) is 2. The van der Waals surface area contributed by atoms with Crippen molar-refractivity contribution in [1.29, 1.82) is 0 Å². The maximum absolute atomic E-state index is 2.45. The summed E-state index contributed by atoms with van der Waals surface area (Å²) in [6, 6.07) is 103. The molecule has 0 saturated carbocycles. The smallest absolute Gasteiger partial charge is 0.0542 e. The second kappa shape index (κ2) is 17.5. The van der Waals surface area contributed by atoms with Gasteiger partial charge in [0.2, 0.25) is 0 Å². The lowest BCUT2D eigenvalue weighted by Gasteiger charge is -2.12. The lowest BCUT2D eigenvalue weighted by molar-refractivity contribution is 1.16. The van der Waals surface area contributed by atoms with Gasteiger partial charge in [-0.1, -0.05) is 194 Å². The maximum Gasteiger partial charge on any atom is 0.0542 e. The van der Waals surface area contributed by atoms with Gasteiger partial charge in [0.05, 0.1) is 22.1 Å². The first-order chi connectivity index (χ1) is 37.1. The van der Waals surface area contributed by atoms with Crippen molar-refractivity contribution < 1.29 is 0 Å². The van der Waals surface area contributed by atoms with E-state index in [1.165, 1.54) is 138 Å². The zero-order chi connectivity index (χ0) is 49.4. The van der Waals surface area contributed by atoms with Crippen molar-refractivity contribution >= 4 is 43.6 Å². The fraction of sp³-hybridized carbons (Fsp3) is 0.0137. The first-order valence-corrected chi connectivity index (χ1v) is 26.0. The molecule has 1 aliphatic carbocycles. The van der Waals surface area contributed by atoms with E-state index >= 15 is 0 Å². The molecule has 0 atom stereocenters. The number of hydrogen-bond acceptors (Lipinski definition) is 0. The minimum Gasteiger partial charge on any atom is -0.309 e. The molecule has 0 amide bonds. The van der Waals surface area contributed by atoms with E-state index in [2.05, 4.69) is 288 Å². The van der Waals surface area contributed by atoms with E-state index in [0.717, 1.165) is 12.1 Å². The second-order valence-electron chi connectivity index (χ2n) is 20.1. The van der Waals surface area contributed by atoms with Crippen molar-refractivity contribution in [2.24, 2.45) is 0 Å². The Hall–Kier alpha value is -9.76. The molecular formula is C73H48N2. The summed E-state index contributed by atoms with van der Waals surface area (Å²) in [6.45, 7) is 0. The van der Waals surface area contributed by atoms with E-state index in [1.807, 2.05) is 0 Å². The van der Waals surface area contributed by atoms with Crippen molar-refractivity contribution in [1.82, 2.24) is 9.13 Å². The molecule has 75 heavy (non-hydrogen) atoms. The average Bonchev–Trinajstić information content (AvgIpc) is 4.18. The zero-order valence-electron chi connectivity index (χ0n) is 41.2. The third-order valence-corrected chi connectivity index (χ3v) is 15.7. The highest BCUT2D eigenvalue weighted by atomic mass is 15.0. The number of aromatic nitrogens is 2. The molecule has 2 heterocycles. The van der Waals surface area contributed by atoms with E-state index in [-0.39, 0.29) is 0 Å². The quantitative estimate of drug-likeness (QED) is 0.144. The highest BCUT2D eigenvalue weighted by molar-refractivity contribution is 6.13. The average molecular weight is 953 g/mol. The molecule has 0 fully saturated rings. The van der Waals surface area contributed by atoms with Gasteiger partial charge in [-0.05, 0) is 180 Å². The topological polar surface area (TPSA) is 9.86 Å². The van der Waals surface area contributed by atoms with Crippen molar-refractivity contribution in [3.8, 4) is 89.3 Å². The normalized spacial score (nSPS) is 11.9. The Morgan fingerprint density at radius 1 is 0.200 bits per heavy atom. The number of para-hydroxylation sites is 2. The molecule has 0 bridgehead atoms. The summed E-state index contributed by atoms with van der Waals surface area (Å²) in [6.07, 6.45) is 0.991. The molecule has 2 nitrogen and oxygen atoms in total. The van der Waals surface area contributed by atoms with Gasteiger partial charge in [-0.3, -0.25) is 0 Å². The van der Waals surface area contributed by atoms with Gasteiger partial charge in [-0.2, -0.15) is 0 Å². The lowest BCUT2D eigenvalue weighted by Crippen LogP contribution is -1.96. The molecule has 0 radical (unpaired) electrons. The molecule has 0 N–H and O–H groups in total. The Morgan fingerprint density at radius 2 is 0.560 bits per heavy atom. The minimum atomic E-state index is 0.991. The number of rotatable bonds is 8. The first kappa shape index (κ1) is 42.9. The van der Waals surface area contributed by atoms with Crippen LogP contribution >= 0.6 is 0 Å². The van der Waals surface area contributed by atoms with E-state index < -0.39 is 0 Å². The SMILES string of the molecule is c1ccc(-c2cccc(-c3cccc(-c4cccc(-c5cccc(-c6cccc(-c7ccc8c(c7)c7ccccc7n8-c7ccc8c(c7)c7ccccc7n8-c7ccc8c(c7)-c7ccccc7C8)c6)c5)c4)c3)c2)cc1. The molecule has 14 aromatic rings. The lowest BCUT2D eigenvalue weighted by atomic mass is 9.93. The van der Waals surface area contributed by atoms with Crippen molar-refractivity contribution in [2.75, 3.05) is 0 Å². The number of benzene rings is 12. The van der Waals surface area contributed by atoms with Crippen molar-refractivity contribution in [3.05, 3.63) is 290 Å². The van der Waals surface area contributed by atoms with Crippen LogP contribution in [-0.4, -0.2) is 9.13 Å². The zero-order valence-corrected chi connectivity index (χ0v) is 41.2. The molecule has 1 aliphatic rings. The van der Waals surface area contributed by atoms with Gasteiger partial charge < -0.3 is 9.13 Å². The van der Waals surface area contributed by atoms with Crippen LogP contribution in [0.25, 0.3) is 133 Å². The summed E-state index contributed by atoms with van der Waals surface area (Å²) < 4.78 is 4.90. The van der Waals surface area contributed by atoms with Gasteiger partial charge >= 0.3 is 0 Å². The van der Waals surface area contributed by atoms with Gasteiger partial charge in [-0.15, -0.1) is 0 Å². The predicted molar refractivity (Wildman–Crippen MR) is 316 cm³/mol. The Kier molecular flexibility index (Phi) is 9.99. The Balaban J connectivity index is 0.753. The van der Waals surface area contributed by atoms with Crippen LogP contribution in [0.1, 0.15) is 11.1 Å². The van der Waals surface area contributed by atoms with Gasteiger partial charge in [0, 0.05) is 32.9 Å². The summed E-state index contributed by atoms with van der Waals surface area (Å²) in [5.74, 6) is 0. The number of hydrogen-bond donors (Lipinski definition) is 0. The predicted octanol–water partition coefficient (Wildman–Crippen LogP) is 19.5. The molecule has 0 aliphatic heterocycles. The summed E-state index contributed by atoms with van der Waals surface area (Å²) in [5.41, 5.74) is 27.1. The summed E-state index contributed by atoms with van der Waals surface area (Å²) >= 11 is 0. The van der Waals surface area contributed by atoms with Gasteiger partial charge in [0.25, 0.3) is 0 Å². The maximum atomic E-state index is 2.45. The highest BCUT2D eigenvalue weighted by Crippen LogP contribution is 2.42. The van der Waals surface area contributed by atoms with Crippen LogP contribution in [-0.2, 0) is 6.42 Å². The van der Waals surface area contributed by atoms with E-state index in [1.54, 1.807) is 0 Å². The summed E-state index contributed by atoms with van der Waals surface area (Å²) in [7, 11) is 0. The fourth-order valence-corrected chi connectivity index (χ4v) is 12.1. The van der Waals surface area contributed by atoms with Crippen LogP contribution in [0.4, 0.5) is 0 Å². The van der Waals surface area contributed by atoms with Crippen molar-refractivity contribution in [2.45, 2.75) is 6.42 Å². The monoisotopic (exact) mass is 952 g/mol. The molecular weight excluding hydrogens is 905 g/mol. The van der Waals surface area contributed by atoms with Gasteiger partial charge in [-0.25, -0.2) is 0 Å². The molecule has 2 aromatic heterocycles. The van der Waals surface area contributed by atoms with Gasteiger partial charge in [0.1, 0.15) is 0 Å². The van der Waals surface area contributed by atoms with Crippen LogP contribution in [0, 0.1) is 0 Å². The Bertz CT molecular complexity index is 4570. The molecule has 350 valence electrons. The molecule has 12 aromatic carbocycles. The fourth-order valence-electron chi connectivity index (χ4n) is 12.1. The van der Waals surface area contributed by atoms with Crippen LogP contribution < -0.4 is 0 Å². The first-order valence-electron chi connectivity index (χ1n) is 26.0. The number of fused-ring (bicyclic) bond motifs is 9. The molecule has 0 saturated heterocycles. The standard InChI is InChI=1S/C73H48N2/c1-2-15-48(16-3-1)49-18-10-19-50(39-49)51-20-11-21-52(40-51)53-22-12-23-54(41-53)55-24-13-25-56(42-55)57-26-14-27-58(43-57)59-34-37-72-68(45-59)65-29-6-8-31-70(65)75(72)63-36-38-73-69(47-63)66-30-7-9-32-71(66)74(73)62-35-33-61-44-60-17-4-5-28-64(60)67(61)46-62/h1-43,45-47H,44H2. The van der Waals surface area contributed by atoms with Crippen LogP contribution in [0.15, 0.2) is 279 Å². The third kappa shape index (κ3) is 7.33. The molecule has 15 rings (SSSR count). The van der Waals surface area contributed by atoms with Crippen molar-refractivity contribution in [3.63, 3.8) is 0 Å².